The van der Waals surface area contributed by atoms with Crippen molar-refractivity contribution in [3.05, 3.63) is 53.9 Å². The van der Waals surface area contributed by atoms with Crippen LogP contribution in [-0.2, 0) is 16.0 Å². The molecular weight excluding hydrogens is 366 g/mol. The number of nitrogens with zero attached hydrogens (tertiary/aromatic N) is 4. The Bertz CT molecular complexity index is 1020. The van der Waals surface area contributed by atoms with Crippen LogP contribution in [0.4, 0.5) is 5.69 Å². The maximum atomic E-state index is 6.19. The number of anilines is 1. The summed E-state index contributed by atoms with van der Waals surface area (Å²) in [5, 5.41) is 9.22. The standard InChI is InChI=1S/C22H25N5O2/c1-2-27-21-17(13-24-27)18(25-16-8-10-28-11-9-16)12-19(26-21)22-23-14-20(29-22)15-6-4-3-5-7-15/h3-7,12-13,16,20H,2,8-11,14H2,1H3,(H,25,26)/t20-/m0/s1. The molecule has 1 atom stereocenters. The number of fused-ring (bicyclic) bond motifs is 1. The minimum Gasteiger partial charge on any atom is -0.466 e. The van der Waals surface area contributed by atoms with Gasteiger partial charge < -0.3 is 14.8 Å². The van der Waals surface area contributed by atoms with E-state index in [0.717, 1.165) is 60.6 Å². The van der Waals surface area contributed by atoms with Crippen molar-refractivity contribution < 1.29 is 9.47 Å². The first-order valence-corrected chi connectivity index (χ1v) is 10.3. The van der Waals surface area contributed by atoms with Gasteiger partial charge in [0.05, 0.1) is 18.1 Å². The molecule has 1 N–H and O–H groups in total. The van der Waals surface area contributed by atoms with E-state index >= 15 is 0 Å². The zero-order valence-electron chi connectivity index (χ0n) is 16.5. The number of hydrogen-bond donors (Lipinski definition) is 1. The summed E-state index contributed by atoms with van der Waals surface area (Å²) in [6.45, 7) is 5.02. The number of rotatable bonds is 5. The number of pyridine rings is 1. The van der Waals surface area contributed by atoms with Gasteiger partial charge in [0, 0.05) is 31.5 Å². The van der Waals surface area contributed by atoms with Crippen LogP contribution >= 0.6 is 0 Å². The molecule has 2 aliphatic rings. The lowest BCUT2D eigenvalue weighted by atomic mass is 10.1. The molecule has 5 rings (SSSR count). The monoisotopic (exact) mass is 391 g/mol. The summed E-state index contributed by atoms with van der Waals surface area (Å²) in [5.74, 6) is 0.597. The number of ether oxygens (including phenoxy) is 2. The number of aromatic nitrogens is 3. The van der Waals surface area contributed by atoms with E-state index in [1.807, 2.05) is 35.1 Å². The SMILES string of the molecule is CCn1ncc2c(NC3CCOCC3)cc(C3=NC[C@@H](c4ccccc4)O3)nc21. The highest BCUT2D eigenvalue weighted by Crippen LogP contribution is 2.29. The lowest BCUT2D eigenvalue weighted by Crippen LogP contribution is -2.28. The first-order valence-electron chi connectivity index (χ1n) is 10.3. The number of benzene rings is 1. The van der Waals surface area contributed by atoms with Crippen molar-refractivity contribution in [1.82, 2.24) is 14.8 Å². The van der Waals surface area contributed by atoms with Crippen molar-refractivity contribution in [3.63, 3.8) is 0 Å². The van der Waals surface area contributed by atoms with Crippen molar-refractivity contribution in [3.8, 4) is 0 Å². The molecule has 29 heavy (non-hydrogen) atoms. The summed E-state index contributed by atoms with van der Waals surface area (Å²) in [6.07, 6.45) is 3.82. The Labute approximate surface area is 169 Å². The Hall–Kier alpha value is -2.93. The van der Waals surface area contributed by atoms with Crippen LogP contribution in [0.25, 0.3) is 11.0 Å². The summed E-state index contributed by atoms with van der Waals surface area (Å²) < 4.78 is 13.6. The van der Waals surface area contributed by atoms with Crippen LogP contribution in [0.2, 0.25) is 0 Å². The molecule has 1 fully saturated rings. The van der Waals surface area contributed by atoms with Gasteiger partial charge in [0.1, 0.15) is 11.8 Å². The molecule has 3 aromatic rings. The summed E-state index contributed by atoms with van der Waals surface area (Å²) in [5.41, 5.74) is 3.77. The van der Waals surface area contributed by atoms with Gasteiger partial charge in [0.2, 0.25) is 5.90 Å². The van der Waals surface area contributed by atoms with Gasteiger partial charge in [-0.1, -0.05) is 30.3 Å². The van der Waals surface area contributed by atoms with Crippen LogP contribution in [0.15, 0.2) is 47.6 Å². The number of aryl methyl sites for hydroxylation is 1. The summed E-state index contributed by atoms with van der Waals surface area (Å²) >= 11 is 0. The molecule has 0 aliphatic carbocycles. The minimum absolute atomic E-state index is 0.0633. The maximum Gasteiger partial charge on any atom is 0.236 e. The van der Waals surface area contributed by atoms with Gasteiger partial charge in [-0.15, -0.1) is 0 Å². The second-order valence-corrected chi connectivity index (χ2v) is 7.45. The average Bonchev–Trinajstić information content (AvgIpc) is 3.42. The quantitative estimate of drug-likeness (QED) is 0.720. The first kappa shape index (κ1) is 18.1. The molecule has 2 aliphatic heterocycles. The summed E-state index contributed by atoms with van der Waals surface area (Å²) in [6, 6.07) is 12.6. The topological polar surface area (TPSA) is 73.6 Å². The molecule has 0 saturated carbocycles. The van der Waals surface area contributed by atoms with Crippen LogP contribution in [0.3, 0.4) is 0 Å². The molecule has 0 unspecified atom stereocenters. The van der Waals surface area contributed by atoms with Crippen LogP contribution < -0.4 is 5.32 Å². The fourth-order valence-corrected chi connectivity index (χ4v) is 3.93. The molecule has 0 amide bonds. The molecule has 4 heterocycles. The molecule has 7 heteroatoms. The first-order chi connectivity index (χ1) is 14.3. The van der Waals surface area contributed by atoms with Crippen molar-refractivity contribution >= 4 is 22.6 Å². The van der Waals surface area contributed by atoms with Gasteiger partial charge in [0.15, 0.2) is 5.65 Å². The van der Waals surface area contributed by atoms with Gasteiger partial charge in [-0.25, -0.2) is 14.7 Å². The zero-order valence-corrected chi connectivity index (χ0v) is 16.5. The molecule has 1 aromatic carbocycles. The van der Waals surface area contributed by atoms with Gasteiger partial charge >= 0.3 is 0 Å². The van der Waals surface area contributed by atoms with Gasteiger partial charge in [-0.05, 0) is 31.4 Å². The fourth-order valence-electron chi connectivity index (χ4n) is 3.93. The Morgan fingerprint density at radius 3 is 2.79 bits per heavy atom. The third-order valence-corrected chi connectivity index (χ3v) is 5.53. The second-order valence-electron chi connectivity index (χ2n) is 7.45. The average molecular weight is 391 g/mol. The van der Waals surface area contributed by atoms with Gasteiger partial charge in [-0.2, -0.15) is 5.10 Å². The van der Waals surface area contributed by atoms with Crippen molar-refractivity contribution in [2.75, 3.05) is 25.1 Å². The van der Waals surface area contributed by atoms with Crippen LogP contribution in [0.1, 0.15) is 37.1 Å². The summed E-state index contributed by atoms with van der Waals surface area (Å²) in [7, 11) is 0. The van der Waals surface area contributed by atoms with Gasteiger partial charge in [0.25, 0.3) is 0 Å². The number of hydrogen-bond acceptors (Lipinski definition) is 6. The Kier molecular flexibility index (Phi) is 4.89. The second kappa shape index (κ2) is 7.83. The lowest BCUT2D eigenvalue weighted by Gasteiger charge is -2.24. The third-order valence-electron chi connectivity index (χ3n) is 5.53. The highest BCUT2D eigenvalue weighted by atomic mass is 16.5. The predicted molar refractivity (Wildman–Crippen MR) is 112 cm³/mol. The van der Waals surface area contributed by atoms with Gasteiger partial charge in [-0.3, -0.25) is 0 Å². The minimum atomic E-state index is -0.0633. The van der Waals surface area contributed by atoms with Crippen molar-refractivity contribution in [2.24, 2.45) is 4.99 Å². The molecular formula is C22H25N5O2. The van der Waals surface area contributed by atoms with Crippen LogP contribution in [0.5, 0.6) is 0 Å². The largest absolute Gasteiger partial charge is 0.466 e. The molecule has 1 saturated heterocycles. The van der Waals surface area contributed by atoms with E-state index in [1.165, 1.54) is 0 Å². The van der Waals surface area contributed by atoms with Crippen molar-refractivity contribution in [2.45, 2.75) is 38.5 Å². The van der Waals surface area contributed by atoms with Crippen molar-refractivity contribution in [1.29, 1.82) is 0 Å². The van der Waals surface area contributed by atoms with E-state index in [-0.39, 0.29) is 6.10 Å². The normalized spacial score (nSPS) is 19.9. The number of aliphatic imine (C=N–C) groups is 1. The molecule has 0 radical (unpaired) electrons. The van der Waals surface area contributed by atoms with E-state index in [2.05, 4.69) is 34.5 Å². The van der Waals surface area contributed by atoms with E-state index in [0.29, 0.717) is 18.5 Å². The fraction of sp³-hybridized carbons (Fsp3) is 0.409. The van der Waals surface area contributed by atoms with Crippen LogP contribution in [0, 0.1) is 0 Å². The molecule has 150 valence electrons. The zero-order chi connectivity index (χ0) is 19.6. The number of nitrogens with one attached hydrogen (secondary N) is 1. The Morgan fingerprint density at radius 2 is 2.00 bits per heavy atom. The predicted octanol–water partition coefficient (Wildman–Crippen LogP) is 3.56. The lowest BCUT2D eigenvalue weighted by molar-refractivity contribution is 0.0905. The highest BCUT2D eigenvalue weighted by molar-refractivity contribution is 5.99. The van der Waals surface area contributed by atoms with Crippen LogP contribution in [-0.4, -0.2) is 46.5 Å². The maximum absolute atomic E-state index is 6.19. The van der Waals surface area contributed by atoms with E-state index in [1.54, 1.807) is 0 Å². The summed E-state index contributed by atoms with van der Waals surface area (Å²) in [4.78, 5) is 9.50. The highest BCUT2D eigenvalue weighted by Gasteiger charge is 2.25. The third kappa shape index (κ3) is 3.58. The Balaban J connectivity index is 1.47. The molecule has 0 spiro atoms. The van der Waals surface area contributed by atoms with E-state index < -0.39 is 0 Å². The Morgan fingerprint density at radius 1 is 1.17 bits per heavy atom. The molecule has 2 aromatic heterocycles. The van der Waals surface area contributed by atoms with E-state index in [9.17, 15) is 0 Å². The molecule has 7 nitrogen and oxygen atoms in total. The van der Waals surface area contributed by atoms with E-state index in [4.69, 9.17) is 14.5 Å². The smallest absolute Gasteiger partial charge is 0.236 e. The molecule has 0 bridgehead atoms.